The van der Waals surface area contributed by atoms with Crippen molar-refractivity contribution in [3.63, 3.8) is 0 Å². The summed E-state index contributed by atoms with van der Waals surface area (Å²) in [6.07, 6.45) is 8.96. The SMILES string of the molecule is N[C@H](C(=O)N1CCCC1)C1CCC(N2Cc3nccnc3C2=O)CC1. The monoisotopic (exact) mass is 343 g/mol. The molecule has 0 spiro atoms. The van der Waals surface area contributed by atoms with Crippen molar-refractivity contribution < 1.29 is 9.59 Å². The minimum atomic E-state index is -0.395. The van der Waals surface area contributed by atoms with Crippen molar-refractivity contribution in [3.8, 4) is 0 Å². The summed E-state index contributed by atoms with van der Waals surface area (Å²) in [7, 11) is 0. The first kappa shape index (κ1) is 16.4. The quantitative estimate of drug-likeness (QED) is 0.882. The third kappa shape index (κ3) is 3.01. The largest absolute Gasteiger partial charge is 0.341 e. The molecule has 7 nitrogen and oxygen atoms in total. The molecule has 1 saturated carbocycles. The molecule has 0 unspecified atom stereocenters. The summed E-state index contributed by atoms with van der Waals surface area (Å²) >= 11 is 0. The zero-order valence-electron chi connectivity index (χ0n) is 14.4. The second-order valence-electron chi connectivity index (χ2n) is 7.41. The minimum absolute atomic E-state index is 0.0102. The van der Waals surface area contributed by atoms with Crippen LogP contribution in [0.4, 0.5) is 0 Å². The molecule has 25 heavy (non-hydrogen) atoms. The van der Waals surface area contributed by atoms with E-state index in [9.17, 15) is 9.59 Å². The summed E-state index contributed by atoms with van der Waals surface area (Å²) < 4.78 is 0. The van der Waals surface area contributed by atoms with Crippen LogP contribution in [0.15, 0.2) is 12.4 Å². The molecule has 1 aliphatic carbocycles. The first-order valence-corrected chi connectivity index (χ1v) is 9.30. The third-order valence-corrected chi connectivity index (χ3v) is 5.95. The molecule has 0 bridgehead atoms. The summed E-state index contributed by atoms with van der Waals surface area (Å²) in [4.78, 5) is 37.3. The second-order valence-corrected chi connectivity index (χ2v) is 7.41. The number of nitrogens with two attached hydrogens (primary N) is 1. The predicted molar refractivity (Wildman–Crippen MR) is 91.4 cm³/mol. The van der Waals surface area contributed by atoms with Gasteiger partial charge in [0.05, 0.1) is 18.3 Å². The van der Waals surface area contributed by atoms with Crippen molar-refractivity contribution >= 4 is 11.8 Å². The van der Waals surface area contributed by atoms with Crippen molar-refractivity contribution in [3.05, 3.63) is 23.8 Å². The van der Waals surface area contributed by atoms with Crippen LogP contribution in [0.25, 0.3) is 0 Å². The van der Waals surface area contributed by atoms with Crippen LogP contribution in [0, 0.1) is 5.92 Å². The predicted octanol–water partition coefficient (Wildman–Crippen LogP) is 0.941. The van der Waals surface area contributed by atoms with E-state index >= 15 is 0 Å². The molecule has 0 radical (unpaired) electrons. The zero-order valence-corrected chi connectivity index (χ0v) is 14.4. The molecule has 2 amide bonds. The number of aromatic nitrogens is 2. The Morgan fingerprint density at radius 3 is 2.48 bits per heavy atom. The Hall–Kier alpha value is -2.02. The Labute approximate surface area is 147 Å². The maximum Gasteiger partial charge on any atom is 0.275 e. The number of likely N-dealkylation sites (tertiary alicyclic amines) is 1. The number of carbonyl (C=O) groups excluding carboxylic acids is 2. The molecule has 0 aromatic carbocycles. The lowest BCUT2D eigenvalue weighted by Gasteiger charge is -2.36. The molecule has 7 heteroatoms. The average molecular weight is 343 g/mol. The van der Waals surface area contributed by atoms with Gasteiger partial charge in [0.1, 0.15) is 0 Å². The molecule has 2 fully saturated rings. The standard InChI is InChI=1S/C18H25N5O2/c19-15(17(24)22-9-1-2-10-22)12-3-5-13(6-4-12)23-11-14-16(18(23)25)21-8-7-20-14/h7-8,12-13,15H,1-6,9-11,19H2/t12?,13?,15-/m0/s1. The highest BCUT2D eigenvalue weighted by molar-refractivity contribution is 5.96. The van der Waals surface area contributed by atoms with Gasteiger partial charge >= 0.3 is 0 Å². The van der Waals surface area contributed by atoms with E-state index in [-0.39, 0.29) is 23.8 Å². The fraction of sp³-hybridized carbons (Fsp3) is 0.667. The van der Waals surface area contributed by atoms with Crippen molar-refractivity contribution in [1.82, 2.24) is 19.8 Å². The zero-order chi connectivity index (χ0) is 17.4. The van der Waals surface area contributed by atoms with Gasteiger partial charge in [-0.1, -0.05) is 0 Å². The van der Waals surface area contributed by atoms with Crippen LogP contribution >= 0.6 is 0 Å². The van der Waals surface area contributed by atoms with E-state index in [2.05, 4.69) is 9.97 Å². The number of nitrogens with zero attached hydrogens (tertiary/aromatic N) is 4. The average Bonchev–Trinajstić information content (AvgIpc) is 3.30. The molecular formula is C18H25N5O2. The maximum atomic E-state index is 12.5. The van der Waals surface area contributed by atoms with E-state index in [0.29, 0.717) is 12.2 Å². The number of hydrogen-bond acceptors (Lipinski definition) is 5. The number of carbonyl (C=O) groups is 2. The highest BCUT2D eigenvalue weighted by Gasteiger charge is 2.39. The number of hydrogen-bond donors (Lipinski definition) is 1. The summed E-state index contributed by atoms with van der Waals surface area (Å²) in [5.41, 5.74) is 7.54. The van der Waals surface area contributed by atoms with Gasteiger partial charge in [-0.25, -0.2) is 4.98 Å². The Bertz CT molecular complexity index is 665. The number of amides is 2. The topological polar surface area (TPSA) is 92.4 Å². The van der Waals surface area contributed by atoms with Crippen LogP contribution in [-0.2, 0) is 11.3 Å². The van der Waals surface area contributed by atoms with Gasteiger partial charge in [-0.3, -0.25) is 14.6 Å². The highest BCUT2D eigenvalue weighted by Crippen LogP contribution is 2.33. The molecule has 3 aliphatic rings. The Balaban J connectivity index is 1.34. The first-order chi connectivity index (χ1) is 12.1. The van der Waals surface area contributed by atoms with Gasteiger partial charge in [0.15, 0.2) is 5.69 Å². The molecule has 2 N–H and O–H groups in total. The Morgan fingerprint density at radius 1 is 1.12 bits per heavy atom. The molecule has 3 heterocycles. The Kier molecular flexibility index (Phi) is 4.41. The van der Waals surface area contributed by atoms with Crippen LogP contribution in [0.5, 0.6) is 0 Å². The van der Waals surface area contributed by atoms with Gasteiger partial charge in [0, 0.05) is 31.5 Å². The van der Waals surface area contributed by atoms with E-state index < -0.39 is 6.04 Å². The summed E-state index contributed by atoms with van der Waals surface area (Å²) in [6, 6.07) is -0.192. The summed E-state index contributed by atoms with van der Waals surface area (Å²) in [5.74, 6) is 0.323. The number of fused-ring (bicyclic) bond motifs is 1. The molecule has 134 valence electrons. The van der Waals surface area contributed by atoms with E-state index in [1.165, 1.54) is 0 Å². The lowest BCUT2D eigenvalue weighted by molar-refractivity contribution is -0.133. The van der Waals surface area contributed by atoms with Crippen molar-refractivity contribution in [2.24, 2.45) is 11.7 Å². The normalized spacial score (nSPS) is 27.5. The van der Waals surface area contributed by atoms with E-state index in [4.69, 9.17) is 5.73 Å². The van der Waals surface area contributed by atoms with Crippen molar-refractivity contribution in [2.45, 2.75) is 57.2 Å². The van der Waals surface area contributed by atoms with Crippen LogP contribution in [0.2, 0.25) is 0 Å². The van der Waals surface area contributed by atoms with Gasteiger partial charge in [0.25, 0.3) is 5.91 Å². The highest BCUT2D eigenvalue weighted by atomic mass is 16.2. The van der Waals surface area contributed by atoms with Crippen molar-refractivity contribution in [2.75, 3.05) is 13.1 Å². The Morgan fingerprint density at radius 2 is 1.80 bits per heavy atom. The minimum Gasteiger partial charge on any atom is -0.341 e. The molecule has 1 aromatic heterocycles. The van der Waals surface area contributed by atoms with E-state index in [0.717, 1.165) is 57.3 Å². The molecule has 1 saturated heterocycles. The van der Waals surface area contributed by atoms with Crippen LogP contribution in [-0.4, -0.2) is 56.8 Å². The maximum absolute atomic E-state index is 12.5. The van der Waals surface area contributed by atoms with Gasteiger partial charge in [-0.05, 0) is 44.4 Å². The van der Waals surface area contributed by atoms with Gasteiger partial charge in [-0.15, -0.1) is 0 Å². The van der Waals surface area contributed by atoms with Crippen molar-refractivity contribution in [1.29, 1.82) is 0 Å². The molecule has 2 aliphatic heterocycles. The third-order valence-electron chi connectivity index (χ3n) is 5.95. The lowest BCUT2D eigenvalue weighted by Crippen LogP contribution is -2.49. The van der Waals surface area contributed by atoms with E-state index in [1.54, 1.807) is 12.4 Å². The summed E-state index contributed by atoms with van der Waals surface area (Å²) in [6.45, 7) is 2.25. The van der Waals surface area contributed by atoms with Crippen LogP contribution < -0.4 is 5.73 Å². The first-order valence-electron chi connectivity index (χ1n) is 9.30. The van der Waals surface area contributed by atoms with E-state index in [1.807, 2.05) is 9.80 Å². The van der Waals surface area contributed by atoms with Gasteiger partial charge < -0.3 is 15.5 Å². The fourth-order valence-electron chi connectivity index (χ4n) is 4.45. The molecule has 1 aromatic rings. The smallest absolute Gasteiger partial charge is 0.275 e. The molecular weight excluding hydrogens is 318 g/mol. The molecule has 1 atom stereocenters. The summed E-state index contributed by atoms with van der Waals surface area (Å²) in [5, 5.41) is 0. The molecule has 4 rings (SSSR count). The lowest BCUT2D eigenvalue weighted by atomic mass is 9.81. The second kappa shape index (κ2) is 6.71. The van der Waals surface area contributed by atoms with Crippen LogP contribution in [0.3, 0.4) is 0 Å². The fourth-order valence-corrected chi connectivity index (χ4v) is 4.45. The van der Waals surface area contributed by atoms with Gasteiger partial charge in [-0.2, -0.15) is 0 Å². The number of rotatable bonds is 3. The van der Waals surface area contributed by atoms with Crippen LogP contribution in [0.1, 0.15) is 54.7 Å². The van der Waals surface area contributed by atoms with Gasteiger partial charge in [0.2, 0.25) is 5.91 Å².